The van der Waals surface area contributed by atoms with Gasteiger partial charge in [-0.05, 0) is 24.6 Å². The molecule has 1 heterocycles. The number of amides is 2. The molecule has 1 aromatic rings. The van der Waals surface area contributed by atoms with Crippen LogP contribution in [-0.2, 0) is 9.59 Å². The molecule has 2 amide bonds. The summed E-state index contributed by atoms with van der Waals surface area (Å²) >= 11 is 0. The van der Waals surface area contributed by atoms with Crippen LogP contribution in [0, 0.1) is 12.7 Å². The van der Waals surface area contributed by atoms with Crippen molar-refractivity contribution in [2.45, 2.75) is 12.5 Å². The highest BCUT2D eigenvalue weighted by Gasteiger charge is 2.43. The van der Waals surface area contributed by atoms with Crippen LogP contribution in [0.2, 0.25) is 0 Å². The first-order chi connectivity index (χ1) is 12.3. The number of likely N-dealkylation sites (tertiary alicyclic amines) is 1. The summed E-state index contributed by atoms with van der Waals surface area (Å²) in [7, 11) is 1.43. The molecule has 0 radical (unpaired) electrons. The van der Waals surface area contributed by atoms with E-state index >= 15 is 0 Å². The molecular weight excluding hydrogens is 341 g/mol. The maximum absolute atomic E-state index is 14.1. The Balaban J connectivity index is 2.24. The number of benzene rings is 1. The fourth-order valence-corrected chi connectivity index (χ4v) is 2.55. The summed E-state index contributed by atoms with van der Waals surface area (Å²) in [6.07, 6.45) is 1.58. The van der Waals surface area contributed by atoms with Gasteiger partial charge >= 0.3 is 0 Å². The number of aliphatic imine (C=N–C) groups is 1. The van der Waals surface area contributed by atoms with E-state index in [4.69, 9.17) is 5.73 Å². The van der Waals surface area contributed by atoms with Crippen LogP contribution in [0.3, 0.4) is 0 Å². The normalized spacial score (nSPS) is 16.7. The van der Waals surface area contributed by atoms with Gasteiger partial charge in [0.2, 0.25) is 6.41 Å². The molecule has 0 bridgehead atoms. The standard InChI is InChI=1S/C17H22FN5O3/c1-11-3-4-14(13(18)5-11)22-15(20-2)12(6-21-10-24)16(25)23-8-17(26,7-19)9-23/h3-6,10,26H,7-9,19H2,1-2H3,(H,20,22)(H,21,24)/b12-6+. The van der Waals surface area contributed by atoms with E-state index in [0.29, 0.717) is 6.41 Å². The molecule has 0 unspecified atom stereocenters. The van der Waals surface area contributed by atoms with Crippen molar-refractivity contribution < 1.29 is 19.1 Å². The predicted octanol–water partition coefficient (Wildman–Crippen LogP) is -0.264. The Morgan fingerprint density at radius 2 is 2.19 bits per heavy atom. The maximum atomic E-state index is 14.1. The number of carbonyl (C=O) groups excluding carboxylic acids is 2. The fourth-order valence-electron chi connectivity index (χ4n) is 2.55. The average Bonchev–Trinajstić information content (AvgIpc) is 2.59. The highest BCUT2D eigenvalue weighted by molar-refractivity contribution is 6.25. The van der Waals surface area contributed by atoms with E-state index in [2.05, 4.69) is 15.6 Å². The molecule has 0 saturated carbocycles. The van der Waals surface area contributed by atoms with Gasteiger partial charge < -0.3 is 26.4 Å². The van der Waals surface area contributed by atoms with Crippen molar-refractivity contribution in [3.63, 3.8) is 0 Å². The number of aryl methyl sites for hydroxylation is 1. The van der Waals surface area contributed by atoms with E-state index in [-0.39, 0.29) is 36.7 Å². The number of β-amino-alcohol motifs (C(OH)–C–C–N with tert-alkyl or cyclic N) is 1. The van der Waals surface area contributed by atoms with Crippen LogP contribution in [0.25, 0.3) is 0 Å². The summed E-state index contributed by atoms with van der Waals surface area (Å²) in [6, 6.07) is 4.59. The van der Waals surface area contributed by atoms with Crippen molar-refractivity contribution in [3.8, 4) is 0 Å². The molecule has 1 saturated heterocycles. The van der Waals surface area contributed by atoms with Gasteiger partial charge in [0.15, 0.2) is 0 Å². The number of hydrogen-bond acceptors (Lipinski definition) is 5. The molecule has 8 nitrogen and oxygen atoms in total. The Labute approximate surface area is 150 Å². The van der Waals surface area contributed by atoms with Crippen LogP contribution >= 0.6 is 0 Å². The number of nitrogens with one attached hydrogen (secondary N) is 2. The summed E-state index contributed by atoms with van der Waals surface area (Å²) in [5, 5.41) is 15.1. The lowest BCUT2D eigenvalue weighted by Crippen LogP contribution is -2.67. The summed E-state index contributed by atoms with van der Waals surface area (Å²) in [4.78, 5) is 28.7. The second-order valence-electron chi connectivity index (χ2n) is 6.11. The lowest BCUT2D eigenvalue weighted by atomic mass is 9.93. The van der Waals surface area contributed by atoms with Crippen molar-refractivity contribution in [2.75, 3.05) is 32.0 Å². The van der Waals surface area contributed by atoms with E-state index in [1.165, 1.54) is 30.3 Å². The summed E-state index contributed by atoms with van der Waals surface area (Å²) in [5.74, 6) is -0.892. The van der Waals surface area contributed by atoms with Crippen LogP contribution in [0.5, 0.6) is 0 Å². The van der Waals surface area contributed by atoms with Gasteiger partial charge in [-0.3, -0.25) is 14.6 Å². The molecule has 5 N–H and O–H groups in total. The Morgan fingerprint density at radius 1 is 1.50 bits per heavy atom. The molecule has 0 atom stereocenters. The number of halogens is 1. The Morgan fingerprint density at radius 3 is 2.73 bits per heavy atom. The van der Waals surface area contributed by atoms with Crippen molar-refractivity contribution in [1.82, 2.24) is 10.2 Å². The van der Waals surface area contributed by atoms with Gasteiger partial charge in [0, 0.05) is 19.8 Å². The van der Waals surface area contributed by atoms with Crippen molar-refractivity contribution in [1.29, 1.82) is 0 Å². The van der Waals surface area contributed by atoms with Gasteiger partial charge in [-0.1, -0.05) is 6.07 Å². The fraction of sp³-hybridized carbons (Fsp3) is 0.353. The van der Waals surface area contributed by atoms with Crippen LogP contribution in [0.4, 0.5) is 10.1 Å². The number of hydrogen-bond donors (Lipinski definition) is 4. The highest BCUT2D eigenvalue weighted by atomic mass is 19.1. The third kappa shape index (κ3) is 4.24. The quantitative estimate of drug-likeness (QED) is 0.240. The van der Waals surface area contributed by atoms with Crippen LogP contribution in [0.15, 0.2) is 35.0 Å². The number of carbonyl (C=O) groups is 2. The number of aliphatic hydroxyl groups is 1. The number of nitrogens with two attached hydrogens (primary N) is 1. The lowest BCUT2D eigenvalue weighted by Gasteiger charge is -2.46. The molecule has 9 heteroatoms. The largest absolute Gasteiger partial charge is 0.385 e. The molecular formula is C17H22FN5O3. The number of rotatable bonds is 6. The third-order valence-electron chi connectivity index (χ3n) is 4.02. The molecule has 0 aromatic heterocycles. The van der Waals surface area contributed by atoms with Gasteiger partial charge in [-0.15, -0.1) is 0 Å². The van der Waals surface area contributed by atoms with Gasteiger partial charge in [0.1, 0.15) is 17.3 Å². The minimum absolute atomic E-state index is 0.0265. The minimum Gasteiger partial charge on any atom is -0.385 e. The van der Waals surface area contributed by atoms with Gasteiger partial charge in [0.25, 0.3) is 5.91 Å². The number of anilines is 1. The highest BCUT2D eigenvalue weighted by Crippen LogP contribution is 2.23. The van der Waals surface area contributed by atoms with E-state index < -0.39 is 17.3 Å². The average molecular weight is 363 g/mol. The van der Waals surface area contributed by atoms with Crippen molar-refractivity contribution >= 4 is 23.8 Å². The molecule has 1 aromatic carbocycles. The SMILES string of the molecule is CN=C(Nc1ccc(C)cc1F)/C(=C\NC=O)C(=O)N1CC(O)(CN)C1. The van der Waals surface area contributed by atoms with E-state index in [1.54, 1.807) is 13.0 Å². The Hall–Kier alpha value is -2.78. The Kier molecular flexibility index (Phi) is 6.06. The van der Waals surface area contributed by atoms with E-state index in [0.717, 1.165) is 5.56 Å². The monoisotopic (exact) mass is 363 g/mol. The summed E-state index contributed by atoms with van der Waals surface area (Å²) < 4.78 is 14.1. The van der Waals surface area contributed by atoms with Crippen LogP contribution in [0.1, 0.15) is 5.56 Å². The predicted molar refractivity (Wildman–Crippen MR) is 96.0 cm³/mol. The second-order valence-corrected chi connectivity index (χ2v) is 6.11. The zero-order valence-electron chi connectivity index (χ0n) is 14.6. The van der Waals surface area contributed by atoms with Crippen LogP contribution < -0.4 is 16.4 Å². The molecule has 140 valence electrons. The summed E-state index contributed by atoms with van der Waals surface area (Å²) in [5.41, 5.74) is 5.27. The smallest absolute Gasteiger partial charge is 0.259 e. The lowest BCUT2D eigenvalue weighted by molar-refractivity contribution is -0.148. The zero-order valence-corrected chi connectivity index (χ0v) is 14.6. The second kappa shape index (κ2) is 8.07. The Bertz CT molecular complexity index is 757. The van der Waals surface area contributed by atoms with Gasteiger partial charge in [-0.25, -0.2) is 4.39 Å². The minimum atomic E-state index is -1.11. The van der Waals surface area contributed by atoms with Gasteiger partial charge in [-0.2, -0.15) is 0 Å². The molecule has 1 aliphatic heterocycles. The first-order valence-corrected chi connectivity index (χ1v) is 7.95. The molecule has 26 heavy (non-hydrogen) atoms. The zero-order chi connectivity index (χ0) is 19.3. The molecule has 2 rings (SSSR count). The maximum Gasteiger partial charge on any atom is 0.259 e. The number of amidine groups is 1. The van der Waals surface area contributed by atoms with Gasteiger partial charge in [0.05, 0.1) is 24.4 Å². The van der Waals surface area contributed by atoms with Crippen LogP contribution in [-0.4, -0.2) is 60.4 Å². The first-order valence-electron chi connectivity index (χ1n) is 7.95. The molecule has 0 spiro atoms. The summed E-state index contributed by atoms with van der Waals surface area (Å²) in [6.45, 7) is 1.92. The van der Waals surface area contributed by atoms with E-state index in [1.807, 2.05) is 0 Å². The topological polar surface area (TPSA) is 120 Å². The molecule has 1 fully saturated rings. The van der Waals surface area contributed by atoms with E-state index in [9.17, 15) is 19.1 Å². The number of nitrogens with zero attached hydrogens (tertiary/aromatic N) is 2. The van der Waals surface area contributed by atoms with Crippen molar-refractivity contribution in [3.05, 3.63) is 41.4 Å². The first kappa shape index (κ1) is 19.5. The molecule has 1 aliphatic rings. The molecule has 0 aliphatic carbocycles. The third-order valence-corrected chi connectivity index (χ3v) is 4.02. The van der Waals surface area contributed by atoms with Crippen molar-refractivity contribution in [2.24, 2.45) is 10.7 Å².